The molecule has 0 unspecified atom stereocenters. The third-order valence-electron chi connectivity index (χ3n) is 2.53. The lowest BCUT2D eigenvalue weighted by Crippen LogP contribution is -2.07. The maximum absolute atomic E-state index is 10.8. The van der Waals surface area contributed by atoms with Crippen molar-refractivity contribution in [3.05, 3.63) is 43.8 Å². The number of aliphatic carboxylic acids is 1. The third-order valence-corrected chi connectivity index (χ3v) is 2.53. The van der Waals surface area contributed by atoms with E-state index >= 15 is 0 Å². The molecule has 0 saturated carbocycles. The van der Waals surface area contributed by atoms with Crippen LogP contribution in [0.25, 0.3) is 0 Å². The van der Waals surface area contributed by atoms with Crippen molar-refractivity contribution >= 4 is 5.97 Å². The Bertz CT molecular complexity index is 428. The Morgan fingerprint density at radius 3 is 2.10 bits per heavy atom. The second-order valence-corrected chi connectivity index (χ2v) is 4.18. The smallest absolute Gasteiger partial charge is 0.307 e. The Kier molecular flexibility index (Phi) is 8.56. The molecule has 8 nitrogen and oxygen atoms in total. The number of nitro groups is 2. The van der Waals surface area contributed by atoms with E-state index < -0.39 is 34.4 Å². The molecular formula is C12H18N2O6. The largest absolute Gasteiger partial charge is 0.481 e. The van der Waals surface area contributed by atoms with Gasteiger partial charge < -0.3 is 5.11 Å². The van der Waals surface area contributed by atoms with Crippen molar-refractivity contribution in [2.75, 3.05) is 0 Å². The Morgan fingerprint density at radius 1 is 1.10 bits per heavy atom. The van der Waals surface area contributed by atoms with Gasteiger partial charge in [-0.3, -0.25) is 25.0 Å². The topological polar surface area (TPSA) is 124 Å². The number of unbranched alkanes of at least 4 members (excludes halogenated alkanes) is 3. The summed E-state index contributed by atoms with van der Waals surface area (Å²) >= 11 is 0. The van der Waals surface area contributed by atoms with E-state index in [0.717, 1.165) is 25.3 Å². The zero-order valence-electron chi connectivity index (χ0n) is 11.3. The summed E-state index contributed by atoms with van der Waals surface area (Å²) in [5.41, 5.74) is -0.736. The van der Waals surface area contributed by atoms with Crippen LogP contribution in [0, 0.1) is 20.2 Å². The van der Waals surface area contributed by atoms with Crippen molar-refractivity contribution in [1.82, 2.24) is 0 Å². The molecule has 0 atom stereocenters. The average Bonchev–Trinajstić information content (AvgIpc) is 2.35. The van der Waals surface area contributed by atoms with E-state index in [0.29, 0.717) is 6.42 Å². The van der Waals surface area contributed by atoms with Gasteiger partial charge in [0.15, 0.2) is 0 Å². The van der Waals surface area contributed by atoms with Gasteiger partial charge in [-0.2, -0.15) is 0 Å². The lowest BCUT2D eigenvalue weighted by molar-refractivity contribution is -0.450. The van der Waals surface area contributed by atoms with Gasteiger partial charge in [0, 0.05) is 6.08 Å². The molecule has 0 amide bonds. The lowest BCUT2D eigenvalue weighted by Gasteiger charge is -1.99. The van der Waals surface area contributed by atoms with Crippen LogP contribution in [0.4, 0.5) is 0 Å². The summed E-state index contributed by atoms with van der Waals surface area (Å²) in [4.78, 5) is 30.5. The Morgan fingerprint density at radius 2 is 1.65 bits per heavy atom. The van der Waals surface area contributed by atoms with Gasteiger partial charge in [-0.05, 0) is 18.9 Å². The van der Waals surface area contributed by atoms with E-state index in [1.807, 2.05) is 6.92 Å². The van der Waals surface area contributed by atoms with Crippen molar-refractivity contribution in [2.45, 2.75) is 45.4 Å². The highest BCUT2D eigenvalue weighted by atomic mass is 16.6. The van der Waals surface area contributed by atoms with Crippen molar-refractivity contribution in [1.29, 1.82) is 0 Å². The second-order valence-electron chi connectivity index (χ2n) is 4.18. The van der Waals surface area contributed by atoms with E-state index in [1.54, 1.807) is 0 Å². The number of carbonyl (C=O) groups is 1. The summed E-state index contributed by atoms with van der Waals surface area (Å²) in [6.07, 6.45) is 4.42. The van der Waals surface area contributed by atoms with Crippen molar-refractivity contribution in [2.24, 2.45) is 0 Å². The number of hydrogen-bond acceptors (Lipinski definition) is 5. The number of carboxylic acid groups (broad SMARTS) is 1. The molecule has 0 aromatic heterocycles. The molecular weight excluding hydrogens is 268 g/mol. The summed E-state index contributed by atoms with van der Waals surface area (Å²) in [6, 6.07) is 0. The highest BCUT2D eigenvalue weighted by Gasteiger charge is 2.21. The third kappa shape index (κ3) is 7.96. The molecule has 0 aliphatic rings. The fourth-order valence-electron chi connectivity index (χ4n) is 1.48. The van der Waals surface area contributed by atoms with E-state index in [9.17, 15) is 25.0 Å². The van der Waals surface area contributed by atoms with Crippen molar-refractivity contribution in [3.8, 4) is 0 Å². The molecule has 0 aromatic rings. The van der Waals surface area contributed by atoms with Gasteiger partial charge >= 0.3 is 5.97 Å². The predicted molar refractivity (Wildman–Crippen MR) is 71.2 cm³/mol. The van der Waals surface area contributed by atoms with Crippen molar-refractivity contribution < 1.29 is 19.7 Å². The first-order valence-electron chi connectivity index (χ1n) is 6.27. The minimum Gasteiger partial charge on any atom is -0.481 e. The Hall–Kier alpha value is -2.25. The SMILES string of the molecule is CCCCC/C=C(\C/C(=C\CC(=O)O)[N+](=O)[O-])[N+](=O)[O-]. The fraction of sp³-hybridized carbons (Fsp3) is 0.583. The minimum absolute atomic E-state index is 0.269. The van der Waals surface area contributed by atoms with Gasteiger partial charge in [0.1, 0.15) is 6.42 Å². The first kappa shape index (κ1) is 17.8. The molecule has 0 aliphatic heterocycles. The monoisotopic (exact) mass is 286 g/mol. The van der Waals surface area contributed by atoms with Crippen LogP contribution in [-0.2, 0) is 4.79 Å². The Labute approximate surface area is 116 Å². The van der Waals surface area contributed by atoms with Gasteiger partial charge in [-0.25, -0.2) is 0 Å². The highest BCUT2D eigenvalue weighted by molar-refractivity contribution is 5.68. The van der Waals surface area contributed by atoms with Crippen LogP contribution in [0.2, 0.25) is 0 Å². The number of rotatable bonds is 10. The summed E-state index contributed by atoms with van der Waals surface area (Å²) in [7, 11) is 0. The predicted octanol–water partition coefficient (Wildman–Crippen LogP) is 2.75. The maximum Gasteiger partial charge on any atom is 0.307 e. The number of carboxylic acids is 1. The standard InChI is InChI=1S/C12H18N2O6/c1-2-3-4-5-6-10(13(17)18)9-11(14(19)20)7-8-12(15)16/h6-7H,2-5,8-9H2,1H3,(H,15,16)/b10-6+,11-7+. The molecule has 112 valence electrons. The molecule has 8 heteroatoms. The molecule has 0 radical (unpaired) electrons. The maximum atomic E-state index is 10.8. The van der Waals surface area contributed by atoms with E-state index in [-0.39, 0.29) is 5.70 Å². The van der Waals surface area contributed by atoms with Crippen LogP contribution >= 0.6 is 0 Å². The zero-order chi connectivity index (χ0) is 15.5. The van der Waals surface area contributed by atoms with Gasteiger partial charge in [-0.1, -0.05) is 19.8 Å². The quantitative estimate of drug-likeness (QED) is 0.374. The lowest BCUT2D eigenvalue weighted by atomic mass is 10.1. The first-order chi connectivity index (χ1) is 9.38. The van der Waals surface area contributed by atoms with Crippen LogP contribution in [-0.4, -0.2) is 20.9 Å². The minimum atomic E-state index is -1.22. The van der Waals surface area contributed by atoms with E-state index in [4.69, 9.17) is 5.11 Å². The van der Waals surface area contributed by atoms with Gasteiger partial charge in [-0.15, -0.1) is 0 Å². The Balaban J connectivity index is 4.83. The summed E-state index contributed by atoms with van der Waals surface area (Å²) in [6.45, 7) is 2.00. The molecule has 0 aliphatic carbocycles. The van der Waals surface area contributed by atoms with Crippen molar-refractivity contribution in [3.63, 3.8) is 0 Å². The molecule has 0 bridgehead atoms. The van der Waals surface area contributed by atoms with Gasteiger partial charge in [0.2, 0.25) is 0 Å². The highest BCUT2D eigenvalue weighted by Crippen LogP contribution is 2.15. The van der Waals surface area contributed by atoms with E-state index in [2.05, 4.69) is 0 Å². The molecule has 0 rings (SSSR count). The molecule has 0 fully saturated rings. The van der Waals surface area contributed by atoms with Crippen LogP contribution in [0.15, 0.2) is 23.5 Å². The number of hydrogen-bond donors (Lipinski definition) is 1. The van der Waals surface area contributed by atoms with Crippen LogP contribution in [0.3, 0.4) is 0 Å². The summed E-state index contributed by atoms with van der Waals surface area (Å²) in [5.74, 6) is -1.22. The summed E-state index contributed by atoms with van der Waals surface area (Å²) < 4.78 is 0. The van der Waals surface area contributed by atoms with Crippen LogP contribution in [0.5, 0.6) is 0 Å². The average molecular weight is 286 g/mol. The fourth-order valence-corrected chi connectivity index (χ4v) is 1.48. The van der Waals surface area contributed by atoms with Gasteiger partial charge in [0.05, 0.1) is 16.3 Å². The van der Waals surface area contributed by atoms with Crippen LogP contribution < -0.4 is 0 Å². The molecule has 1 N–H and O–H groups in total. The van der Waals surface area contributed by atoms with Crippen LogP contribution in [0.1, 0.15) is 45.4 Å². The first-order valence-corrected chi connectivity index (χ1v) is 6.27. The zero-order valence-corrected chi connectivity index (χ0v) is 11.3. The molecule has 0 spiro atoms. The number of allylic oxidation sites excluding steroid dienone is 1. The molecule has 0 saturated heterocycles. The molecule has 0 aromatic carbocycles. The molecule has 20 heavy (non-hydrogen) atoms. The second kappa shape index (κ2) is 9.65. The summed E-state index contributed by atoms with van der Waals surface area (Å²) in [5, 5.41) is 30.0. The van der Waals surface area contributed by atoms with E-state index in [1.165, 1.54) is 6.08 Å². The number of nitrogens with zero attached hydrogens (tertiary/aromatic N) is 2. The normalized spacial score (nSPS) is 12.2. The van der Waals surface area contributed by atoms with Gasteiger partial charge in [0.25, 0.3) is 11.4 Å². The molecule has 0 heterocycles.